The van der Waals surface area contributed by atoms with Crippen LogP contribution in [-0.2, 0) is 0 Å². The Morgan fingerprint density at radius 1 is 1.03 bits per heavy atom. The molecule has 4 rings (SSSR count). The molecule has 1 aliphatic carbocycles. The van der Waals surface area contributed by atoms with E-state index in [1.807, 2.05) is 12.1 Å². The van der Waals surface area contributed by atoms with Gasteiger partial charge in [0.1, 0.15) is 0 Å². The van der Waals surface area contributed by atoms with Gasteiger partial charge in [-0.15, -0.1) is 0 Å². The topological polar surface area (TPSA) is 61.4 Å². The zero-order valence-corrected chi connectivity index (χ0v) is 18.2. The van der Waals surface area contributed by atoms with Crippen LogP contribution in [0, 0.1) is 0 Å². The molecule has 3 aromatic rings. The monoisotopic (exact) mass is 416 g/mol. The molecule has 3 N–H and O–H groups in total. The van der Waals surface area contributed by atoms with Gasteiger partial charge in [-0.3, -0.25) is 4.79 Å². The molecule has 1 amide bonds. The molecule has 3 aromatic carbocycles. The molecule has 2 unspecified atom stereocenters. The fraction of sp³-hybridized carbons (Fsp3) is 0.370. The summed E-state index contributed by atoms with van der Waals surface area (Å²) in [4.78, 5) is 12.1. The van der Waals surface area contributed by atoms with Gasteiger partial charge in [-0.2, -0.15) is 0 Å². The van der Waals surface area contributed by atoms with Crippen LogP contribution >= 0.6 is 0 Å². The van der Waals surface area contributed by atoms with Crippen LogP contribution < -0.4 is 10.6 Å². The number of aliphatic hydroxyl groups excluding tert-OH is 1. The van der Waals surface area contributed by atoms with E-state index in [-0.39, 0.29) is 19.1 Å². The summed E-state index contributed by atoms with van der Waals surface area (Å²) in [6.45, 7) is 2.51. The van der Waals surface area contributed by atoms with Crippen molar-refractivity contribution < 1.29 is 9.90 Å². The van der Waals surface area contributed by atoms with Crippen LogP contribution in [0.3, 0.4) is 0 Å². The van der Waals surface area contributed by atoms with Gasteiger partial charge in [-0.1, -0.05) is 61.0 Å². The highest BCUT2D eigenvalue weighted by atomic mass is 16.3. The standard InChI is InChI=1S/C27H32N2O2/c1-19(25-11-5-7-21-6-2-3-10-26(21)25)29-24-9-4-8-23(18-24)20-12-14-22(15-13-20)27(31)28-16-17-30/h2-3,5-7,10-15,19,23-24,29-30H,4,8-9,16-18H2,1H3,(H,28,31)/t19-,23?,24?/m1/s1. The molecule has 162 valence electrons. The van der Waals surface area contributed by atoms with Crippen molar-refractivity contribution in [3.8, 4) is 0 Å². The van der Waals surface area contributed by atoms with Crippen LogP contribution in [0.25, 0.3) is 10.8 Å². The van der Waals surface area contributed by atoms with Crippen molar-refractivity contribution in [2.75, 3.05) is 13.2 Å². The summed E-state index contributed by atoms with van der Waals surface area (Å²) in [5.41, 5.74) is 3.31. The maximum absolute atomic E-state index is 12.1. The van der Waals surface area contributed by atoms with Crippen LogP contribution in [-0.4, -0.2) is 30.2 Å². The van der Waals surface area contributed by atoms with Crippen molar-refractivity contribution >= 4 is 16.7 Å². The first-order chi connectivity index (χ1) is 15.2. The molecule has 0 aromatic heterocycles. The maximum Gasteiger partial charge on any atom is 0.251 e. The number of fused-ring (bicyclic) bond motifs is 1. The van der Waals surface area contributed by atoms with Gasteiger partial charge in [0, 0.05) is 24.2 Å². The summed E-state index contributed by atoms with van der Waals surface area (Å²) in [5.74, 6) is 0.383. The predicted molar refractivity (Wildman–Crippen MR) is 126 cm³/mol. The third-order valence-electron chi connectivity index (χ3n) is 6.49. The summed E-state index contributed by atoms with van der Waals surface area (Å²) < 4.78 is 0. The number of rotatable bonds is 7. The lowest BCUT2D eigenvalue weighted by Crippen LogP contribution is -2.35. The van der Waals surface area contributed by atoms with Gasteiger partial charge in [0.05, 0.1) is 6.61 Å². The fourth-order valence-corrected chi connectivity index (χ4v) is 4.89. The zero-order chi connectivity index (χ0) is 21.6. The first-order valence-electron chi connectivity index (χ1n) is 11.4. The van der Waals surface area contributed by atoms with Gasteiger partial charge in [-0.05, 0) is 66.1 Å². The van der Waals surface area contributed by atoms with Crippen LogP contribution in [0.1, 0.15) is 66.1 Å². The molecule has 31 heavy (non-hydrogen) atoms. The lowest BCUT2D eigenvalue weighted by Gasteiger charge is -2.32. The van der Waals surface area contributed by atoms with Crippen LogP contribution in [0.15, 0.2) is 66.7 Å². The van der Waals surface area contributed by atoms with Crippen molar-refractivity contribution in [3.05, 3.63) is 83.4 Å². The van der Waals surface area contributed by atoms with E-state index in [2.05, 4.69) is 72.2 Å². The number of carbonyl (C=O) groups is 1. The van der Waals surface area contributed by atoms with E-state index in [0.29, 0.717) is 23.6 Å². The highest BCUT2D eigenvalue weighted by molar-refractivity contribution is 5.94. The Balaban J connectivity index is 1.41. The summed E-state index contributed by atoms with van der Waals surface area (Å²) in [5, 5.41) is 18.1. The second-order valence-corrected chi connectivity index (χ2v) is 8.62. The van der Waals surface area contributed by atoms with E-state index >= 15 is 0 Å². The predicted octanol–water partition coefficient (Wildman–Crippen LogP) is 4.94. The SMILES string of the molecule is C[C@@H](NC1CCCC(c2ccc(C(=O)NCCO)cc2)C1)c1cccc2ccccc12. The minimum atomic E-state index is -0.132. The Morgan fingerprint density at radius 2 is 1.81 bits per heavy atom. The molecule has 3 atom stereocenters. The van der Waals surface area contributed by atoms with Gasteiger partial charge in [0.15, 0.2) is 0 Å². The molecule has 1 saturated carbocycles. The number of aliphatic hydroxyl groups is 1. The van der Waals surface area contributed by atoms with E-state index < -0.39 is 0 Å². The third kappa shape index (κ3) is 5.15. The molecular weight excluding hydrogens is 384 g/mol. The molecule has 4 nitrogen and oxygen atoms in total. The Kier molecular flexibility index (Phi) is 7.00. The lowest BCUT2D eigenvalue weighted by molar-refractivity contribution is 0.0944. The second kappa shape index (κ2) is 10.1. The van der Waals surface area contributed by atoms with Gasteiger partial charge < -0.3 is 15.7 Å². The summed E-state index contributed by atoms with van der Waals surface area (Å²) >= 11 is 0. The molecular formula is C27H32N2O2. The first-order valence-corrected chi connectivity index (χ1v) is 11.4. The molecule has 4 heteroatoms. The molecule has 0 spiro atoms. The summed E-state index contributed by atoms with van der Waals surface area (Å²) in [7, 11) is 0. The Labute approximate surface area is 184 Å². The molecule has 0 saturated heterocycles. The van der Waals surface area contributed by atoms with E-state index in [1.54, 1.807) is 0 Å². The minimum absolute atomic E-state index is 0.0442. The smallest absolute Gasteiger partial charge is 0.251 e. The molecule has 0 heterocycles. The van der Waals surface area contributed by atoms with Gasteiger partial charge in [0.2, 0.25) is 0 Å². The first kappa shape index (κ1) is 21.5. The number of carbonyl (C=O) groups excluding carboxylic acids is 1. The molecule has 1 aliphatic rings. The van der Waals surface area contributed by atoms with Crippen molar-refractivity contribution in [1.29, 1.82) is 0 Å². The van der Waals surface area contributed by atoms with Crippen LogP contribution in [0.2, 0.25) is 0 Å². The summed E-state index contributed by atoms with van der Waals surface area (Å²) in [6, 6.07) is 23.9. The largest absolute Gasteiger partial charge is 0.395 e. The van der Waals surface area contributed by atoms with Crippen LogP contribution in [0.5, 0.6) is 0 Å². The molecule has 0 bridgehead atoms. The number of hydrogen-bond donors (Lipinski definition) is 3. The van der Waals surface area contributed by atoms with E-state index in [1.165, 1.54) is 41.2 Å². The Bertz CT molecular complexity index is 1010. The normalized spacial score (nSPS) is 19.8. The van der Waals surface area contributed by atoms with Crippen molar-refractivity contribution in [2.45, 2.75) is 50.6 Å². The molecule has 1 fully saturated rings. The maximum atomic E-state index is 12.1. The van der Waals surface area contributed by atoms with Crippen molar-refractivity contribution in [3.63, 3.8) is 0 Å². The van der Waals surface area contributed by atoms with E-state index in [0.717, 1.165) is 6.42 Å². The van der Waals surface area contributed by atoms with Gasteiger partial charge in [0.25, 0.3) is 5.91 Å². The molecule has 0 radical (unpaired) electrons. The summed E-state index contributed by atoms with van der Waals surface area (Å²) in [6.07, 6.45) is 4.72. The van der Waals surface area contributed by atoms with E-state index in [4.69, 9.17) is 5.11 Å². The number of nitrogens with one attached hydrogen (secondary N) is 2. The van der Waals surface area contributed by atoms with Crippen LogP contribution in [0.4, 0.5) is 0 Å². The Morgan fingerprint density at radius 3 is 2.61 bits per heavy atom. The minimum Gasteiger partial charge on any atom is -0.395 e. The quantitative estimate of drug-likeness (QED) is 0.511. The van der Waals surface area contributed by atoms with Gasteiger partial charge >= 0.3 is 0 Å². The highest BCUT2D eigenvalue weighted by Gasteiger charge is 2.25. The average molecular weight is 417 g/mol. The molecule has 0 aliphatic heterocycles. The zero-order valence-electron chi connectivity index (χ0n) is 18.2. The van der Waals surface area contributed by atoms with Gasteiger partial charge in [-0.25, -0.2) is 0 Å². The van der Waals surface area contributed by atoms with Crippen molar-refractivity contribution in [2.24, 2.45) is 0 Å². The van der Waals surface area contributed by atoms with Crippen molar-refractivity contribution in [1.82, 2.24) is 10.6 Å². The van der Waals surface area contributed by atoms with E-state index in [9.17, 15) is 4.79 Å². The lowest BCUT2D eigenvalue weighted by atomic mass is 9.80. The number of benzene rings is 3. The third-order valence-corrected chi connectivity index (χ3v) is 6.49. The second-order valence-electron chi connectivity index (χ2n) is 8.62. The average Bonchev–Trinajstić information content (AvgIpc) is 2.82. The number of amides is 1. The fourth-order valence-electron chi connectivity index (χ4n) is 4.89. The number of hydrogen-bond acceptors (Lipinski definition) is 3. The Hall–Kier alpha value is -2.69. The highest BCUT2D eigenvalue weighted by Crippen LogP contribution is 2.34.